The summed E-state index contributed by atoms with van der Waals surface area (Å²) < 4.78 is 0. The lowest BCUT2D eigenvalue weighted by Crippen LogP contribution is -2.68. The number of nitrogens with zero attached hydrogens (tertiary/aromatic N) is 12. The number of piperidine rings is 6. The first kappa shape index (κ1) is 59.6. The van der Waals surface area contributed by atoms with Gasteiger partial charge in [-0.05, 0) is 236 Å². The first-order valence-electron chi connectivity index (χ1n) is 28.1. The molecule has 7 heterocycles. The lowest BCUT2D eigenvalue weighted by Gasteiger charge is -2.58. The first-order valence-corrected chi connectivity index (χ1v) is 28.1. The summed E-state index contributed by atoms with van der Waals surface area (Å²) in [6.07, 6.45) is 6.16. The molecule has 420 valence electrons. The van der Waals surface area contributed by atoms with Gasteiger partial charge in [-0.1, -0.05) is 0 Å². The third-order valence-corrected chi connectivity index (χ3v) is 18.8. The number of anilines is 3. The molecule has 7 rings (SSSR count). The maximum Gasteiger partial charge on any atom is 0.232 e. The van der Waals surface area contributed by atoms with Crippen LogP contribution in [-0.4, -0.2) is 149 Å². The number of hydrogen-bond acceptors (Lipinski definition) is 12. The van der Waals surface area contributed by atoms with Crippen molar-refractivity contribution in [2.75, 3.05) is 14.7 Å². The highest BCUT2D eigenvalue weighted by atomic mass is 16.5. The molecule has 6 radical (unpaired) electrons. The number of hydrogen-bond donors (Lipinski definition) is 0. The van der Waals surface area contributed by atoms with Crippen LogP contribution < -0.4 is 14.7 Å². The zero-order valence-corrected chi connectivity index (χ0v) is 50.3. The predicted molar refractivity (Wildman–Crippen MR) is 285 cm³/mol. The Hall–Kier alpha value is -2.07. The standard InChI is InChI=1S/C56H100N12O6/c1-36-24-37(25-46(2,3)63(36)69)60(38-26-47(4,5)64(70)48(6,7)27-38)43-57-44(61(39-28-49(8,9)65(71)50(10,11)29-39)40-30-51(12,13)66(72)52(14,15)31-40)59-45(58-43)62(41-32-53(16,17)67(73)54(18,19)33-41)42-34-55(20,21)68(74)56(22,23)35-42/h36-42H,24-35H2,1-23H3. The van der Waals surface area contributed by atoms with Crippen LogP contribution in [0.2, 0.25) is 0 Å². The Bertz CT molecular complexity index is 1920. The summed E-state index contributed by atoms with van der Waals surface area (Å²) in [4.78, 5) is 24.5. The van der Waals surface area contributed by atoms with Crippen LogP contribution in [0.1, 0.15) is 236 Å². The molecule has 0 amide bonds. The Labute approximate surface area is 447 Å². The quantitative estimate of drug-likeness (QED) is 0.228. The van der Waals surface area contributed by atoms with E-state index in [1.54, 1.807) is 0 Å². The topological polar surface area (TPSA) is 187 Å². The number of hydroxylamine groups is 12. The van der Waals surface area contributed by atoms with Gasteiger partial charge in [0.05, 0.1) is 0 Å². The summed E-state index contributed by atoms with van der Waals surface area (Å²) in [5, 5.41) is 92.8. The van der Waals surface area contributed by atoms with Crippen LogP contribution >= 0.6 is 0 Å². The Kier molecular flexibility index (Phi) is 15.1. The summed E-state index contributed by atoms with van der Waals surface area (Å²) in [5.41, 5.74) is -8.40. The SMILES string of the molecule is CC1CC(N(c2nc(N(C3CC(C)(C)N([O])C(C)(C)C3)C3CC(C)(C)N([O])C(C)(C)C3)nc(N(C3CC(C)(C)N([O])C(C)(C)C3)C3CC(C)(C)N([O])C(C)(C)C3)n2)C2CC(C)(C)N([O])C(C)(C)C2)CC(C)(C)N1[O]. The second kappa shape index (κ2) is 18.8. The van der Waals surface area contributed by atoms with E-state index in [0.717, 1.165) is 0 Å². The summed E-state index contributed by atoms with van der Waals surface area (Å²) in [7, 11) is 0. The molecule has 1 aromatic heterocycles. The maximum atomic E-state index is 14.3. The van der Waals surface area contributed by atoms with Crippen LogP contribution in [0, 0.1) is 0 Å². The van der Waals surface area contributed by atoms with Crippen molar-refractivity contribution in [2.24, 2.45) is 0 Å². The predicted octanol–water partition coefficient (Wildman–Crippen LogP) is 10.1. The van der Waals surface area contributed by atoms with Crippen LogP contribution in [0.4, 0.5) is 17.8 Å². The van der Waals surface area contributed by atoms with Gasteiger partial charge in [-0.3, -0.25) is 0 Å². The molecule has 1 aromatic rings. The molecule has 6 fully saturated rings. The summed E-state index contributed by atoms with van der Waals surface area (Å²) in [6.45, 7) is 46.4. The summed E-state index contributed by atoms with van der Waals surface area (Å²) >= 11 is 0. The highest BCUT2D eigenvalue weighted by molar-refractivity contribution is 5.52. The summed E-state index contributed by atoms with van der Waals surface area (Å²) in [6, 6.07) is -1.72. The van der Waals surface area contributed by atoms with Crippen molar-refractivity contribution in [1.82, 2.24) is 45.3 Å². The summed E-state index contributed by atoms with van der Waals surface area (Å²) in [5.74, 6) is 1.38. The molecule has 18 heteroatoms. The van der Waals surface area contributed by atoms with Gasteiger partial charge in [-0.15, -0.1) is 61.6 Å². The van der Waals surface area contributed by atoms with E-state index in [-0.39, 0.29) is 42.3 Å². The molecule has 0 spiro atoms. The molecule has 6 aliphatic heterocycles. The van der Waals surface area contributed by atoms with Gasteiger partial charge >= 0.3 is 0 Å². The van der Waals surface area contributed by atoms with E-state index in [2.05, 4.69) is 14.7 Å². The highest BCUT2D eigenvalue weighted by Gasteiger charge is 2.58. The minimum atomic E-state index is -0.768. The molecule has 74 heavy (non-hydrogen) atoms. The van der Waals surface area contributed by atoms with Crippen LogP contribution in [-0.2, 0) is 31.2 Å². The Morgan fingerprint density at radius 2 is 0.459 bits per heavy atom. The molecule has 0 bridgehead atoms. The van der Waals surface area contributed by atoms with E-state index < -0.39 is 60.9 Å². The van der Waals surface area contributed by atoms with Crippen molar-refractivity contribution < 1.29 is 31.2 Å². The zero-order valence-electron chi connectivity index (χ0n) is 50.3. The molecule has 0 aromatic carbocycles. The van der Waals surface area contributed by atoms with Gasteiger partial charge in [0.2, 0.25) is 17.8 Å². The molecule has 6 aliphatic rings. The van der Waals surface area contributed by atoms with E-state index in [4.69, 9.17) is 15.0 Å². The molecular formula is C56H100N12O6. The fourth-order valence-electron chi connectivity index (χ4n) is 16.6. The monoisotopic (exact) mass is 1040 g/mol. The highest BCUT2D eigenvalue weighted by Crippen LogP contribution is 2.50. The van der Waals surface area contributed by atoms with E-state index in [9.17, 15) is 31.2 Å². The van der Waals surface area contributed by atoms with Gasteiger partial charge < -0.3 is 14.7 Å². The molecule has 6 saturated heterocycles. The van der Waals surface area contributed by atoms with Crippen LogP contribution in [0.25, 0.3) is 0 Å². The van der Waals surface area contributed by atoms with Crippen molar-refractivity contribution >= 4 is 17.8 Å². The molecule has 0 saturated carbocycles. The largest absolute Gasteiger partial charge is 0.334 e. The van der Waals surface area contributed by atoms with Gasteiger partial charge in [-0.25, -0.2) is 0 Å². The fraction of sp³-hybridized carbons (Fsp3) is 0.946. The zero-order chi connectivity index (χ0) is 56.1. The first-order chi connectivity index (χ1) is 33.2. The third-order valence-electron chi connectivity index (χ3n) is 18.8. The normalized spacial score (nSPS) is 32.1. The smallest absolute Gasteiger partial charge is 0.232 e. The molecule has 2 atom stereocenters. The second-order valence-corrected chi connectivity index (χ2v) is 31.4. The van der Waals surface area contributed by atoms with Crippen molar-refractivity contribution in [3.8, 4) is 0 Å². The molecule has 0 N–H and O–H groups in total. The third kappa shape index (κ3) is 10.9. The minimum Gasteiger partial charge on any atom is -0.334 e. The van der Waals surface area contributed by atoms with E-state index in [1.807, 2.05) is 159 Å². The van der Waals surface area contributed by atoms with Gasteiger partial charge in [0, 0.05) is 103 Å². The van der Waals surface area contributed by atoms with Crippen LogP contribution in [0.15, 0.2) is 0 Å². The van der Waals surface area contributed by atoms with E-state index in [1.165, 1.54) is 30.4 Å². The van der Waals surface area contributed by atoms with Crippen molar-refractivity contribution in [1.29, 1.82) is 0 Å². The van der Waals surface area contributed by atoms with E-state index >= 15 is 0 Å². The fourth-order valence-corrected chi connectivity index (χ4v) is 16.6. The molecular weight excluding hydrogens is 937 g/mol. The van der Waals surface area contributed by atoms with Crippen LogP contribution in [0.3, 0.4) is 0 Å². The Morgan fingerprint density at radius 3 is 0.635 bits per heavy atom. The van der Waals surface area contributed by atoms with Gasteiger partial charge in [0.15, 0.2) is 0 Å². The Morgan fingerprint density at radius 1 is 0.297 bits per heavy atom. The average molecular weight is 1040 g/mol. The number of rotatable bonds is 9. The minimum absolute atomic E-state index is 0.212. The van der Waals surface area contributed by atoms with E-state index in [0.29, 0.717) is 94.9 Å². The van der Waals surface area contributed by atoms with Gasteiger partial charge in [-0.2, -0.15) is 15.0 Å². The maximum absolute atomic E-state index is 14.3. The molecule has 0 aliphatic carbocycles. The lowest BCUT2D eigenvalue weighted by molar-refractivity contribution is -0.294. The Balaban J connectivity index is 1.59. The molecule has 18 nitrogen and oxygen atoms in total. The van der Waals surface area contributed by atoms with Crippen LogP contribution in [0.5, 0.6) is 0 Å². The second-order valence-electron chi connectivity index (χ2n) is 31.4. The van der Waals surface area contributed by atoms with Crippen molar-refractivity contribution in [2.45, 2.75) is 340 Å². The van der Waals surface area contributed by atoms with Gasteiger partial charge in [0.25, 0.3) is 0 Å². The number of aromatic nitrogens is 3. The average Bonchev–Trinajstić information content (AvgIpc) is 3.20. The van der Waals surface area contributed by atoms with Crippen molar-refractivity contribution in [3.05, 3.63) is 0 Å². The van der Waals surface area contributed by atoms with Crippen molar-refractivity contribution in [3.63, 3.8) is 0 Å². The lowest BCUT2D eigenvalue weighted by atomic mass is 9.74. The molecule has 2 unspecified atom stereocenters. The van der Waals surface area contributed by atoms with Gasteiger partial charge in [0.1, 0.15) is 0 Å².